The Labute approximate surface area is 180 Å². The number of hydrogen-bond donors (Lipinski definition) is 1. The number of nitrogens with zero attached hydrogens (tertiary/aromatic N) is 3. The van der Waals surface area contributed by atoms with Gasteiger partial charge >= 0.3 is 0 Å². The van der Waals surface area contributed by atoms with Crippen molar-refractivity contribution in [2.24, 2.45) is 17.8 Å². The third kappa shape index (κ3) is 2.79. The molecule has 5 aliphatic rings. The van der Waals surface area contributed by atoms with Crippen molar-refractivity contribution < 1.29 is 0 Å². The molecule has 1 aliphatic heterocycles. The van der Waals surface area contributed by atoms with E-state index >= 15 is 0 Å². The molecular weight excluding hydrogens is 368 g/mol. The SMILES string of the molecule is Cc1cc(C)c(Nc2nc(C)c3c(n2)N(C24CC5CC(CC(C5)C2)C4)CC3)c(C)c1. The number of anilines is 3. The summed E-state index contributed by atoms with van der Waals surface area (Å²) in [7, 11) is 0. The van der Waals surface area contributed by atoms with E-state index in [0.29, 0.717) is 5.54 Å². The Morgan fingerprint density at radius 2 is 1.50 bits per heavy atom. The molecule has 1 aromatic heterocycles. The molecule has 0 saturated heterocycles. The molecule has 2 heterocycles. The topological polar surface area (TPSA) is 41.1 Å². The van der Waals surface area contributed by atoms with Gasteiger partial charge in [-0.2, -0.15) is 4.98 Å². The molecule has 4 saturated carbocycles. The van der Waals surface area contributed by atoms with E-state index in [2.05, 4.69) is 50.0 Å². The van der Waals surface area contributed by atoms with Gasteiger partial charge in [0.05, 0.1) is 0 Å². The van der Waals surface area contributed by atoms with Crippen LogP contribution in [0.1, 0.15) is 66.5 Å². The second kappa shape index (κ2) is 6.45. The molecule has 1 aromatic carbocycles. The lowest BCUT2D eigenvalue weighted by Gasteiger charge is -2.60. The summed E-state index contributed by atoms with van der Waals surface area (Å²) in [5.41, 5.74) is 7.87. The molecular formula is C26H34N4. The number of benzene rings is 1. The van der Waals surface area contributed by atoms with Gasteiger partial charge in [0.25, 0.3) is 0 Å². The number of aryl methyl sites for hydroxylation is 4. The zero-order chi connectivity index (χ0) is 20.6. The molecule has 4 fully saturated rings. The minimum atomic E-state index is 0.369. The summed E-state index contributed by atoms with van der Waals surface area (Å²) >= 11 is 0. The Kier molecular flexibility index (Phi) is 4.01. The molecule has 4 aliphatic carbocycles. The first-order valence-corrected chi connectivity index (χ1v) is 11.9. The monoisotopic (exact) mass is 402 g/mol. The van der Waals surface area contributed by atoms with Crippen LogP contribution in [-0.2, 0) is 6.42 Å². The van der Waals surface area contributed by atoms with Crippen molar-refractivity contribution in [3.05, 3.63) is 40.1 Å². The summed E-state index contributed by atoms with van der Waals surface area (Å²) in [6.45, 7) is 9.80. The highest BCUT2D eigenvalue weighted by molar-refractivity contribution is 5.66. The van der Waals surface area contributed by atoms with Gasteiger partial charge < -0.3 is 10.2 Å². The smallest absolute Gasteiger partial charge is 0.229 e. The predicted octanol–water partition coefficient (Wildman–Crippen LogP) is 5.79. The zero-order valence-electron chi connectivity index (χ0n) is 18.9. The molecule has 0 spiro atoms. The maximum absolute atomic E-state index is 5.16. The van der Waals surface area contributed by atoms with Crippen molar-refractivity contribution in [1.82, 2.24) is 9.97 Å². The van der Waals surface area contributed by atoms with Gasteiger partial charge in [-0.05, 0) is 102 Å². The second-order valence-electron chi connectivity index (χ2n) is 10.9. The first-order valence-electron chi connectivity index (χ1n) is 11.9. The van der Waals surface area contributed by atoms with Crippen LogP contribution in [0.25, 0.3) is 0 Å². The van der Waals surface area contributed by atoms with Gasteiger partial charge in [0.1, 0.15) is 5.82 Å². The van der Waals surface area contributed by atoms with Crippen LogP contribution in [0.15, 0.2) is 12.1 Å². The molecule has 4 nitrogen and oxygen atoms in total. The summed E-state index contributed by atoms with van der Waals surface area (Å²) in [6, 6.07) is 4.47. The van der Waals surface area contributed by atoms with Crippen LogP contribution in [0.4, 0.5) is 17.5 Å². The van der Waals surface area contributed by atoms with Crippen molar-refractivity contribution in [3.63, 3.8) is 0 Å². The summed E-state index contributed by atoms with van der Waals surface area (Å²) in [6.07, 6.45) is 9.73. The van der Waals surface area contributed by atoms with E-state index in [9.17, 15) is 0 Å². The fourth-order valence-electron chi connectivity index (χ4n) is 7.83. The maximum Gasteiger partial charge on any atom is 0.229 e. The molecule has 30 heavy (non-hydrogen) atoms. The zero-order valence-corrected chi connectivity index (χ0v) is 18.9. The third-order valence-electron chi connectivity index (χ3n) is 8.53. The number of hydrogen-bond acceptors (Lipinski definition) is 4. The Bertz CT molecular complexity index is 966. The van der Waals surface area contributed by atoms with E-state index in [1.807, 2.05) is 0 Å². The maximum atomic E-state index is 5.16. The highest BCUT2D eigenvalue weighted by Crippen LogP contribution is 2.59. The lowest BCUT2D eigenvalue weighted by atomic mass is 9.52. The Hall–Kier alpha value is -2.10. The van der Waals surface area contributed by atoms with Crippen LogP contribution < -0.4 is 10.2 Å². The minimum absolute atomic E-state index is 0.369. The standard InChI is InChI=1S/C26H34N4/c1-15-7-16(2)23(17(3)8-15)28-25-27-18(4)22-5-6-30(24(22)29-25)26-12-19-9-20(13-26)11-21(10-19)14-26/h7-8,19-21H,5-6,9-14H2,1-4H3,(H,27,28,29). The van der Waals surface area contributed by atoms with Gasteiger partial charge in [-0.25, -0.2) is 4.98 Å². The summed E-state index contributed by atoms with van der Waals surface area (Å²) in [5, 5.41) is 3.58. The quantitative estimate of drug-likeness (QED) is 0.706. The van der Waals surface area contributed by atoms with E-state index in [-0.39, 0.29) is 0 Å². The molecule has 0 unspecified atom stereocenters. The molecule has 2 aromatic rings. The molecule has 4 bridgehead atoms. The Morgan fingerprint density at radius 1 is 0.900 bits per heavy atom. The Morgan fingerprint density at radius 3 is 2.10 bits per heavy atom. The molecule has 7 rings (SSSR count). The van der Waals surface area contributed by atoms with Crippen molar-refractivity contribution >= 4 is 17.5 Å². The van der Waals surface area contributed by atoms with Gasteiger partial charge in [-0.3, -0.25) is 0 Å². The molecule has 0 amide bonds. The van der Waals surface area contributed by atoms with Crippen molar-refractivity contribution in [3.8, 4) is 0 Å². The van der Waals surface area contributed by atoms with E-state index in [0.717, 1.165) is 48.0 Å². The fraction of sp³-hybridized carbons (Fsp3) is 0.615. The van der Waals surface area contributed by atoms with Gasteiger partial charge in [-0.15, -0.1) is 0 Å². The van der Waals surface area contributed by atoms with Crippen molar-refractivity contribution in [2.75, 3.05) is 16.8 Å². The second-order valence-corrected chi connectivity index (χ2v) is 10.9. The normalized spacial score (nSPS) is 31.3. The van der Waals surface area contributed by atoms with Crippen LogP contribution >= 0.6 is 0 Å². The first kappa shape index (κ1) is 18.7. The largest absolute Gasteiger partial charge is 0.350 e. The molecule has 0 atom stereocenters. The van der Waals surface area contributed by atoms with E-state index in [4.69, 9.17) is 9.97 Å². The van der Waals surface area contributed by atoms with Crippen LogP contribution in [0.3, 0.4) is 0 Å². The van der Waals surface area contributed by atoms with Crippen LogP contribution in [-0.4, -0.2) is 22.1 Å². The number of aromatic nitrogens is 2. The van der Waals surface area contributed by atoms with Gasteiger partial charge in [0.15, 0.2) is 0 Å². The lowest BCUT2D eigenvalue weighted by molar-refractivity contribution is -0.00370. The van der Waals surface area contributed by atoms with Crippen molar-refractivity contribution in [2.45, 2.75) is 78.2 Å². The number of fused-ring (bicyclic) bond motifs is 1. The van der Waals surface area contributed by atoms with Gasteiger partial charge in [0.2, 0.25) is 5.95 Å². The molecule has 158 valence electrons. The first-order chi connectivity index (χ1) is 14.4. The average Bonchev–Trinajstić information content (AvgIpc) is 3.09. The fourth-order valence-corrected chi connectivity index (χ4v) is 7.83. The summed E-state index contributed by atoms with van der Waals surface area (Å²) in [4.78, 5) is 12.8. The minimum Gasteiger partial charge on any atom is -0.350 e. The highest BCUT2D eigenvalue weighted by atomic mass is 15.3. The van der Waals surface area contributed by atoms with Crippen LogP contribution in [0, 0.1) is 45.4 Å². The number of rotatable bonds is 3. The average molecular weight is 403 g/mol. The van der Waals surface area contributed by atoms with Gasteiger partial charge in [0, 0.05) is 29.0 Å². The van der Waals surface area contributed by atoms with Crippen molar-refractivity contribution in [1.29, 1.82) is 0 Å². The van der Waals surface area contributed by atoms with Crippen LogP contribution in [0.5, 0.6) is 0 Å². The Balaban J connectivity index is 1.37. The predicted molar refractivity (Wildman–Crippen MR) is 123 cm³/mol. The lowest BCUT2D eigenvalue weighted by Crippen LogP contribution is -2.60. The van der Waals surface area contributed by atoms with E-state index in [1.54, 1.807) is 0 Å². The third-order valence-corrected chi connectivity index (χ3v) is 8.53. The summed E-state index contributed by atoms with van der Waals surface area (Å²) in [5.74, 6) is 4.86. The van der Waals surface area contributed by atoms with E-state index in [1.165, 1.54) is 66.6 Å². The highest BCUT2D eigenvalue weighted by Gasteiger charge is 2.55. The summed E-state index contributed by atoms with van der Waals surface area (Å²) < 4.78 is 0. The van der Waals surface area contributed by atoms with Crippen LogP contribution in [0.2, 0.25) is 0 Å². The molecule has 4 heteroatoms. The molecule has 1 N–H and O–H groups in total. The van der Waals surface area contributed by atoms with Gasteiger partial charge in [-0.1, -0.05) is 17.7 Å². The molecule has 0 radical (unpaired) electrons. The number of nitrogens with one attached hydrogen (secondary N) is 1. The van der Waals surface area contributed by atoms with E-state index < -0.39 is 0 Å².